The first-order valence-electron chi connectivity index (χ1n) is 3.75. The van der Waals surface area contributed by atoms with Gasteiger partial charge in [-0.3, -0.25) is 4.79 Å². The first-order chi connectivity index (χ1) is 6.56. The number of carbonyl (C=O) groups is 1. The lowest BCUT2D eigenvalue weighted by atomic mass is 10.2. The summed E-state index contributed by atoms with van der Waals surface area (Å²) in [6, 6.07) is 0.863. The molecule has 1 aromatic rings. The standard InChI is InChI=1S/C8H9FN2O3/c1-14-5-3-2-4(9)7(11-5)6(10)8(12)13/h2-3,6H,10H2,1H3,(H,12,13). The summed E-state index contributed by atoms with van der Waals surface area (Å²) in [5.41, 5.74) is 4.87. The summed E-state index contributed by atoms with van der Waals surface area (Å²) in [7, 11) is 1.34. The van der Waals surface area contributed by atoms with Crippen LogP contribution in [0.2, 0.25) is 0 Å². The summed E-state index contributed by atoms with van der Waals surface area (Å²) in [6.45, 7) is 0. The Labute approximate surface area is 79.3 Å². The monoisotopic (exact) mass is 200 g/mol. The van der Waals surface area contributed by atoms with Crippen molar-refractivity contribution >= 4 is 5.97 Å². The zero-order chi connectivity index (χ0) is 10.7. The molecule has 0 aliphatic carbocycles. The average molecular weight is 200 g/mol. The molecule has 6 heteroatoms. The van der Waals surface area contributed by atoms with E-state index in [1.807, 2.05) is 0 Å². The van der Waals surface area contributed by atoms with Crippen molar-refractivity contribution in [3.05, 3.63) is 23.6 Å². The van der Waals surface area contributed by atoms with E-state index >= 15 is 0 Å². The summed E-state index contributed by atoms with van der Waals surface area (Å²) >= 11 is 0. The molecule has 0 aromatic carbocycles. The second-order valence-corrected chi connectivity index (χ2v) is 2.54. The summed E-state index contributed by atoms with van der Waals surface area (Å²) in [6.07, 6.45) is 0. The second kappa shape index (κ2) is 4.01. The summed E-state index contributed by atoms with van der Waals surface area (Å²) in [4.78, 5) is 14.1. The number of nitrogens with zero attached hydrogens (tertiary/aromatic N) is 1. The van der Waals surface area contributed by atoms with E-state index in [9.17, 15) is 9.18 Å². The molecular formula is C8H9FN2O3. The van der Waals surface area contributed by atoms with E-state index in [1.165, 1.54) is 13.2 Å². The van der Waals surface area contributed by atoms with Gasteiger partial charge in [-0.15, -0.1) is 0 Å². The normalized spacial score (nSPS) is 12.2. The maximum absolute atomic E-state index is 13.1. The van der Waals surface area contributed by atoms with E-state index in [0.29, 0.717) is 0 Å². The lowest BCUT2D eigenvalue weighted by Gasteiger charge is -2.08. The third-order valence-electron chi connectivity index (χ3n) is 1.62. The maximum atomic E-state index is 13.1. The van der Waals surface area contributed by atoms with Crippen molar-refractivity contribution < 1.29 is 19.0 Å². The van der Waals surface area contributed by atoms with Crippen LogP contribution in [-0.2, 0) is 4.79 Å². The Morgan fingerprint density at radius 3 is 2.86 bits per heavy atom. The molecule has 0 saturated heterocycles. The lowest BCUT2D eigenvalue weighted by Crippen LogP contribution is -2.23. The number of aliphatic carboxylic acids is 1. The van der Waals surface area contributed by atoms with Gasteiger partial charge in [0.05, 0.1) is 7.11 Å². The molecule has 1 heterocycles. The number of hydrogen-bond donors (Lipinski definition) is 2. The SMILES string of the molecule is COc1ccc(F)c(C(N)C(=O)O)n1. The quantitative estimate of drug-likeness (QED) is 0.733. The largest absolute Gasteiger partial charge is 0.481 e. The van der Waals surface area contributed by atoms with E-state index in [4.69, 9.17) is 15.6 Å². The highest BCUT2D eigenvalue weighted by Gasteiger charge is 2.20. The van der Waals surface area contributed by atoms with Gasteiger partial charge in [-0.1, -0.05) is 0 Å². The number of hydrogen-bond acceptors (Lipinski definition) is 4. The molecule has 14 heavy (non-hydrogen) atoms. The Hall–Kier alpha value is -1.69. The summed E-state index contributed by atoms with van der Waals surface area (Å²) < 4.78 is 17.8. The van der Waals surface area contributed by atoms with Gasteiger partial charge in [0.2, 0.25) is 5.88 Å². The van der Waals surface area contributed by atoms with Gasteiger partial charge in [-0.05, 0) is 6.07 Å². The Kier molecular flexibility index (Phi) is 2.98. The number of pyridine rings is 1. The summed E-state index contributed by atoms with van der Waals surface area (Å²) in [5.74, 6) is -1.98. The van der Waals surface area contributed by atoms with E-state index in [1.54, 1.807) is 0 Å². The second-order valence-electron chi connectivity index (χ2n) is 2.54. The zero-order valence-corrected chi connectivity index (χ0v) is 7.40. The predicted octanol–water partition coefficient (Wildman–Crippen LogP) is 0.314. The van der Waals surface area contributed by atoms with Crippen LogP contribution in [0.5, 0.6) is 5.88 Å². The van der Waals surface area contributed by atoms with Crippen molar-refractivity contribution in [3.8, 4) is 5.88 Å². The predicted molar refractivity (Wildman–Crippen MR) is 45.3 cm³/mol. The van der Waals surface area contributed by atoms with Crippen LogP contribution in [0, 0.1) is 5.82 Å². The van der Waals surface area contributed by atoms with Crippen molar-refractivity contribution in [1.82, 2.24) is 4.98 Å². The molecule has 0 fully saturated rings. The number of nitrogens with two attached hydrogens (primary N) is 1. The molecule has 1 unspecified atom stereocenters. The third kappa shape index (κ3) is 1.97. The van der Waals surface area contributed by atoms with Crippen LogP contribution in [0.15, 0.2) is 12.1 Å². The topological polar surface area (TPSA) is 85.4 Å². The van der Waals surface area contributed by atoms with Crippen molar-refractivity contribution in [1.29, 1.82) is 0 Å². The molecule has 0 bridgehead atoms. The van der Waals surface area contributed by atoms with E-state index < -0.39 is 17.8 Å². The van der Waals surface area contributed by atoms with Gasteiger partial charge < -0.3 is 15.6 Å². The molecule has 0 aliphatic heterocycles. The fourth-order valence-corrected chi connectivity index (χ4v) is 0.888. The number of halogens is 1. The number of rotatable bonds is 3. The van der Waals surface area contributed by atoms with Crippen LogP contribution in [0.4, 0.5) is 4.39 Å². The van der Waals surface area contributed by atoms with Crippen LogP contribution in [0.1, 0.15) is 11.7 Å². The highest BCUT2D eigenvalue weighted by molar-refractivity contribution is 5.74. The van der Waals surface area contributed by atoms with Gasteiger partial charge in [-0.2, -0.15) is 0 Å². The lowest BCUT2D eigenvalue weighted by molar-refractivity contribution is -0.138. The number of carboxylic acids is 1. The van der Waals surface area contributed by atoms with Crippen molar-refractivity contribution in [2.45, 2.75) is 6.04 Å². The molecule has 1 atom stereocenters. The first-order valence-corrected chi connectivity index (χ1v) is 3.75. The molecule has 0 aliphatic rings. The number of aromatic nitrogens is 1. The van der Waals surface area contributed by atoms with Crippen LogP contribution in [0.3, 0.4) is 0 Å². The minimum absolute atomic E-state index is 0.123. The van der Waals surface area contributed by atoms with Gasteiger partial charge in [0.1, 0.15) is 17.6 Å². The molecule has 3 N–H and O–H groups in total. The third-order valence-corrected chi connectivity index (χ3v) is 1.62. The van der Waals surface area contributed by atoms with Crippen molar-refractivity contribution in [2.24, 2.45) is 5.73 Å². The average Bonchev–Trinajstić information content (AvgIpc) is 2.17. The van der Waals surface area contributed by atoms with Crippen molar-refractivity contribution in [2.75, 3.05) is 7.11 Å². The highest BCUT2D eigenvalue weighted by atomic mass is 19.1. The fraction of sp³-hybridized carbons (Fsp3) is 0.250. The maximum Gasteiger partial charge on any atom is 0.326 e. The molecule has 0 saturated carbocycles. The molecule has 76 valence electrons. The molecule has 0 amide bonds. The molecular weight excluding hydrogens is 191 g/mol. The smallest absolute Gasteiger partial charge is 0.326 e. The Balaban J connectivity index is 3.11. The van der Waals surface area contributed by atoms with Gasteiger partial charge >= 0.3 is 5.97 Å². The Bertz CT molecular complexity index is 356. The van der Waals surface area contributed by atoms with Gasteiger partial charge in [0.15, 0.2) is 0 Å². The van der Waals surface area contributed by atoms with Crippen molar-refractivity contribution in [3.63, 3.8) is 0 Å². The van der Waals surface area contributed by atoms with E-state index in [-0.39, 0.29) is 11.6 Å². The Morgan fingerprint density at radius 2 is 2.36 bits per heavy atom. The van der Waals surface area contributed by atoms with Crippen LogP contribution in [-0.4, -0.2) is 23.2 Å². The molecule has 1 aromatic heterocycles. The van der Waals surface area contributed by atoms with E-state index in [2.05, 4.69) is 4.98 Å². The first kappa shape index (κ1) is 10.4. The van der Waals surface area contributed by atoms with Crippen LogP contribution < -0.4 is 10.5 Å². The van der Waals surface area contributed by atoms with Gasteiger partial charge in [-0.25, -0.2) is 9.37 Å². The van der Waals surface area contributed by atoms with Gasteiger partial charge in [0.25, 0.3) is 0 Å². The Morgan fingerprint density at radius 1 is 1.71 bits per heavy atom. The number of ether oxygens (including phenoxy) is 1. The van der Waals surface area contributed by atoms with Crippen LogP contribution >= 0.6 is 0 Å². The highest BCUT2D eigenvalue weighted by Crippen LogP contribution is 2.16. The van der Waals surface area contributed by atoms with Crippen LogP contribution in [0.25, 0.3) is 0 Å². The molecule has 5 nitrogen and oxygen atoms in total. The fourth-order valence-electron chi connectivity index (χ4n) is 0.888. The number of carboxylic acid groups (broad SMARTS) is 1. The molecule has 0 radical (unpaired) electrons. The minimum atomic E-state index is -1.48. The number of methoxy groups -OCH3 is 1. The zero-order valence-electron chi connectivity index (χ0n) is 7.40. The summed E-state index contributed by atoms with van der Waals surface area (Å²) in [5, 5.41) is 8.55. The van der Waals surface area contributed by atoms with Gasteiger partial charge in [0, 0.05) is 6.07 Å². The van der Waals surface area contributed by atoms with E-state index in [0.717, 1.165) is 6.07 Å². The molecule has 1 rings (SSSR count). The molecule has 0 spiro atoms. The minimum Gasteiger partial charge on any atom is -0.481 e.